The summed E-state index contributed by atoms with van der Waals surface area (Å²) in [6, 6.07) is 18.5. The molecule has 0 radical (unpaired) electrons. The molecule has 2 aliphatic carbocycles. The average molecular weight is 552 g/mol. The Morgan fingerprint density at radius 1 is 0.645 bits per heavy atom. The van der Waals surface area contributed by atoms with E-state index < -0.39 is 18.9 Å². The first-order valence-electron chi connectivity index (χ1n) is 10.9. The number of rotatable bonds is 2. The van der Waals surface area contributed by atoms with Crippen molar-refractivity contribution in [2.75, 3.05) is 0 Å². The summed E-state index contributed by atoms with van der Waals surface area (Å²) in [5.74, 6) is 0. The Balaban J connectivity index is 0.00000171. The fourth-order valence-corrected chi connectivity index (χ4v) is 17.7. The van der Waals surface area contributed by atoms with E-state index in [-0.39, 0.29) is 35.6 Å². The number of hydrogen-bond donors (Lipinski definition) is 0. The summed E-state index contributed by atoms with van der Waals surface area (Å²) < 4.78 is 3.98. The first-order chi connectivity index (χ1) is 13.4. The first-order valence-corrected chi connectivity index (χ1v) is 22.1. The van der Waals surface area contributed by atoms with Gasteiger partial charge in [-0.05, 0) is 0 Å². The zero-order valence-corrected chi connectivity index (χ0v) is 25.5. The molecule has 0 aliphatic heterocycles. The van der Waals surface area contributed by atoms with Gasteiger partial charge in [0.15, 0.2) is 0 Å². The second-order valence-electron chi connectivity index (χ2n) is 11.3. The molecule has 0 spiro atoms. The molecule has 0 heterocycles. The molecule has 0 fully saturated rings. The molecule has 31 heavy (non-hydrogen) atoms. The van der Waals surface area contributed by atoms with Crippen LogP contribution in [0.5, 0.6) is 0 Å². The molecule has 2 aromatic carbocycles. The molecule has 0 saturated heterocycles. The van der Waals surface area contributed by atoms with Gasteiger partial charge in [-0.25, -0.2) is 0 Å². The van der Waals surface area contributed by atoms with Gasteiger partial charge in [-0.2, -0.15) is 0 Å². The summed E-state index contributed by atoms with van der Waals surface area (Å²) in [6.45, 7) is 16.6. The van der Waals surface area contributed by atoms with E-state index in [1.54, 1.807) is 22.3 Å². The van der Waals surface area contributed by atoms with E-state index in [9.17, 15) is 0 Å². The second kappa shape index (κ2) is 9.09. The molecule has 0 saturated carbocycles. The number of halogens is 2. The number of hydrogen-bond acceptors (Lipinski definition) is 0. The topological polar surface area (TPSA) is 0 Å². The van der Waals surface area contributed by atoms with E-state index in [1.165, 1.54) is 11.1 Å². The number of allylic oxidation sites excluding steroid dienone is 4. The van der Waals surface area contributed by atoms with Crippen molar-refractivity contribution in [1.82, 2.24) is 0 Å². The van der Waals surface area contributed by atoms with Gasteiger partial charge in [-0.3, -0.25) is 0 Å². The van der Waals surface area contributed by atoms with Crippen molar-refractivity contribution in [2.24, 2.45) is 10.8 Å². The van der Waals surface area contributed by atoms with Gasteiger partial charge in [-0.1, -0.05) is 0 Å². The maximum atomic E-state index is 2.69. The van der Waals surface area contributed by atoms with Crippen LogP contribution >= 0.6 is 24.8 Å². The summed E-state index contributed by atoms with van der Waals surface area (Å²) in [4.78, 5) is 0. The standard InChI is InChI=1S/2C13H15.CH3.2ClH.H2Si.Zr/c2*1-13(2,3)12-9-8-10-6-4-5-7-11(10)12;;;;;/h2*4-9H,1-3H3;1H3;2*1H;1H2;. The third-order valence-electron chi connectivity index (χ3n) is 6.88. The molecule has 4 heteroatoms. The predicted octanol–water partition coefficient (Wildman–Crippen LogP) is 7.95. The summed E-state index contributed by atoms with van der Waals surface area (Å²) in [6.07, 6.45) is 5.36. The quantitative estimate of drug-likeness (QED) is 0.332. The molecule has 2 aromatic rings. The van der Waals surface area contributed by atoms with Gasteiger partial charge >= 0.3 is 184 Å². The molecule has 167 valence electrons. The van der Waals surface area contributed by atoms with Crippen molar-refractivity contribution < 1.29 is 18.9 Å². The molecular weight excluding hydrogens is 515 g/mol. The SMILES string of the molecule is CC(C)(C)C1=C[CH]([Zr]([CH3])(=[SiH2])[CH]2C=C(C(C)(C)C)c3ccccc32)c2ccccc21.Cl.Cl. The van der Waals surface area contributed by atoms with Gasteiger partial charge in [-0.15, -0.1) is 24.8 Å². The van der Waals surface area contributed by atoms with Gasteiger partial charge in [0.1, 0.15) is 0 Å². The van der Waals surface area contributed by atoms with Crippen LogP contribution in [-0.2, 0) is 18.9 Å². The van der Waals surface area contributed by atoms with E-state index in [4.69, 9.17) is 0 Å². The molecule has 2 unspecified atom stereocenters. The Bertz CT molecular complexity index is 999. The van der Waals surface area contributed by atoms with E-state index in [2.05, 4.69) is 114 Å². The van der Waals surface area contributed by atoms with Gasteiger partial charge in [0.05, 0.1) is 0 Å². The number of fused-ring (bicyclic) bond motifs is 2. The molecule has 0 amide bonds. The molecule has 2 aliphatic rings. The van der Waals surface area contributed by atoms with E-state index in [1.807, 2.05) is 0 Å². The smallest absolute Gasteiger partial charge is 0.147 e. The molecular formula is C27H37Cl2SiZr. The van der Waals surface area contributed by atoms with Crippen LogP contribution in [0, 0.1) is 10.8 Å². The van der Waals surface area contributed by atoms with Crippen LogP contribution in [0.25, 0.3) is 11.1 Å². The zero-order valence-electron chi connectivity index (χ0n) is 20.0. The zero-order chi connectivity index (χ0) is 21.2. The maximum absolute atomic E-state index is 2.69. The van der Waals surface area contributed by atoms with Crippen LogP contribution in [0.1, 0.15) is 71.0 Å². The largest absolute Gasteiger partial charge is 0.147 e. The molecule has 4 rings (SSSR count). The Labute approximate surface area is 207 Å². The third-order valence-corrected chi connectivity index (χ3v) is 21.4. The van der Waals surface area contributed by atoms with Crippen LogP contribution in [-0.4, -0.2) is 6.88 Å². The van der Waals surface area contributed by atoms with Crippen molar-refractivity contribution in [3.8, 4) is 0 Å². The predicted molar refractivity (Wildman–Crippen MR) is 142 cm³/mol. The van der Waals surface area contributed by atoms with Gasteiger partial charge in [0, 0.05) is 0 Å². The van der Waals surface area contributed by atoms with E-state index >= 15 is 0 Å². The first kappa shape index (κ1) is 26.8. The van der Waals surface area contributed by atoms with Crippen molar-refractivity contribution >= 4 is 42.8 Å². The maximum Gasteiger partial charge on any atom is -0.147 e. The average Bonchev–Trinajstić information content (AvgIpc) is 3.21. The second-order valence-corrected chi connectivity index (χ2v) is 30.8. The normalized spacial score (nSPS) is 21.6. The minimum atomic E-state index is -2.64. The van der Waals surface area contributed by atoms with Crippen LogP contribution in [0.2, 0.25) is 4.63 Å². The summed E-state index contributed by atoms with van der Waals surface area (Å²) in [5.41, 5.74) is 9.70. The van der Waals surface area contributed by atoms with Crippen LogP contribution in [0.15, 0.2) is 60.7 Å². The fourth-order valence-electron chi connectivity index (χ4n) is 5.31. The van der Waals surface area contributed by atoms with Gasteiger partial charge in [0.2, 0.25) is 0 Å². The Hall–Kier alpha value is -0.400. The van der Waals surface area contributed by atoms with Gasteiger partial charge in [0.25, 0.3) is 0 Å². The van der Waals surface area contributed by atoms with E-state index in [0.29, 0.717) is 7.25 Å². The molecule has 0 bridgehead atoms. The third kappa shape index (κ3) is 4.65. The Morgan fingerprint density at radius 2 is 0.968 bits per heavy atom. The van der Waals surface area contributed by atoms with Crippen LogP contribution in [0.3, 0.4) is 0 Å². The fraction of sp³-hybridized carbons (Fsp3) is 0.407. The van der Waals surface area contributed by atoms with Crippen molar-refractivity contribution in [3.63, 3.8) is 0 Å². The summed E-state index contributed by atoms with van der Waals surface area (Å²) in [7, 11) is 0. The number of benzene rings is 2. The summed E-state index contributed by atoms with van der Waals surface area (Å²) >= 11 is -2.64. The monoisotopic (exact) mass is 549 g/mol. The van der Waals surface area contributed by atoms with E-state index in [0.717, 1.165) is 0 Å². The minimum absolute atomic E-state index is 0. The molecule has 0 N–H and O–H groups in total. The minimum Gasteiger partial charge on any atom is -0.147 e. The Kier molecular flexibility index (Phi) is 7.88. The molecule has 0 nitrogen and oxygen atoms in total. The molecule has 0 aromatic heterocycles. The van der Waals surface area contributed by atoms with Crippen LogP contribution in [0.4, 0.5) is 0 Å². The summed E-state index contributed by atoms with van der Waals surface area (Å²) in [5, 5.41) is 0. The molecule has 2 atom stereocenters. The van der Waals surface area contributed by atoms with Crippen LogP contribution < -0.4 is 0 Å². The van der Waals surface area contributed by atoms with Crippen molar-refractivity contribution in [1.29, 1.82) is 0 Å². The van der Waals surface area contributed by atoms with Crippen molar-refractivity contribution in [2.45, 2.75) is 53.4 Å². The van der Waals surface area contributed by atoms with Crippen molar-refractivity contribution in [3.05, 3.63) is 82.9 Å². The van der Waals surface area contributed by atoms with Gasteiger partial charge < -0.3 is 0 Å². The Morgan fingerprint density at radius 3 is 1.29 bits per heavy atom.